The fourth-order valence-corrected chi connectivity index (χ4v) is 5.98. The fourth-order valence-electron chi connectivity index (χ4n) is 5.98. The van der Waals surface area contributed by atoms with Gasteiger partial charge in [0.15, 0.2) is 17.5 Å². The minimum absolute atomic E-state index is 0.0972. The van der Waals surface area contributed by atoms with Gasteiger partial charge < -0.3 is 8.98 Å². The van der Waals surface area contributed by atoms with Crippen LogP contribution in [-0.4, -0.2) is 19.5 Å². The van der Waals surface area contributed by atoms with Crippen LogP contribution in [0.3, 0.4) is 0 Å². The summed E-state index contributed by atoms with van der Waals surface area (Å²) in [6.07, 6.45) is 0. The average Bonchev–Trinajstić information content (AvgIpc) is 3.91. The van der Waals surface area contributed by atoms with Gasteiger partial charge in [0.05, 0.1) is 46.8 Å². The van der Waals surface area contributed by atoms with Crippen molar-refractivity contribution in [3.8, 4) is 51.0 Å². The molecule has 0 atom stereocenters. The number of rotatable bonds is 5. The highest BCUT2D eigenvalue weighted by molar-refractivity contribution is 6.17. The smallest absolute Gasteiger partial charge is 0.166 e. The molecule has 10 aromatic rings. The predicted octanol–water partition coefficient (Wildman–Crippen LogP) is 11.5. The third-order valence-corrected chi connectivity index (χ3v) is 8.16. The van der Waals surface area contributed by atoms with Crippen LogP contribution in [0.5, 0.6) is 0 Å². The highest BCUT2D eigenvalue weighted by atomic mass is 16.3. The normalized spacial score (nSPS) is 16.6. The van der Waals surface area contributed by atoms with Gasteiger partial charge in [-0.15, -0.1) is 0 Å². The molecule has 10 rings (SSSR count). The first-order valence-electron chi connectivity index (χ1n) is 24.2. The van der Waals surface area contributed by atoms with E-state index >= 15 is 0 Å². The number of aromatic nitrogens is 4. The molecule has 0 amide bonds. The summed E-state index contributed by atoms with van der Waals surface area (Å²) in [5.41, 5.74) is -2.92. The van der Waals surface area contributed by atoms with Crippen molar-refractivity contribution in [3.63, 3.8) is 0 Å². The molecule has 0 aliphatic carbocycles. The molecule has 0 fully saturated rings. The van der Waals surface area contributed by atoms with E-state index < -0.39 is 153 Å². The van der Waals surface area contributed by atoms with Crippen molar-refractivity contribution in [1.82, 2.24) is 19.5 Å². The Morgan fingerprint density at radius 1 is 0.480 bits per heavy atom. The van der Waals surface area contributed by atoms with Gasteiger partial charge in [-0.1, -0.05) is 133 Å². The Morgan fingerprint density at radius 2 is 1.14 bits per heavy atom. The van der Waals surface area contributed by atoms with Crippen LogP contribution in [0.4, 0.5) is 0 Å². The number of fused-ring (bicyclic) bond motifs is 6. The maximum absolute atomic E-state index is 9.65. The quantitative estimate of drug-likeness (QED) is 0.185. The number of hydrogen-bond donors (Lipinski definition) is 0. The SMILES string of the molecule is [2H]c1c([2H])c([2H])c(-c2c([2H])c([2H])c3oc4c([2H])c([2H])c([2H])c(-n5c6c([2H])c([2H])c([2H])c([2H])c6c6c([2H])c([2H])c([2H])c(-c7nc(-c8ccccc8)nc(-c8ccccc8)n7)c65)c4c3c2[2H])c([2H])c1[2H]. The van der Waals surface area contributed by atoms with Crippen molar-refractivity contribution in [1.29, 1.82) is 0 Å². The topological polar surface area (TPSA) is 56.7 Å². The first kappa shape index (κ1) is 15.6. The summed E-state index contributed by atoms with van der Waals surface area (Å²) >= 11 is 0. The zero-order valence-electron chi connectivity index (χ0n) is 43.5. The van der Waals surface area contributed by atoms with Crippen LogP contribution in [-0.2, 0) is 0 Å². The van der Waals surface area contributed by atoms with Gasteiger partial charge in [-0.05, 0) is 47.4 Å². The Morgan fingerprint density at radius 3 is 1.90 bits per heavy atom. The van der Waals surface area contributed by atoms with E-state index in [4.69, 9.17) is 35.8 Å². The number of furan rings is 1. The Balaban J connectivity index is 1.48. The second-order valence-corrected chi connectivity index (χ2v) is 11.1. The molecule has 0 saturated carbocycles. The number of benzene rings is 7. The third-order valence-electron chi connectivity index (χ3n) is 8.16. The lowest BCUT2D eigenvalue weighted by Crippen LogP contribution is -2.02. The number of hydrogen-bond acceptors (Lipinski definition) is 4. The maximum Gasteiger partial charge on any atom is 0.166 e. The van der Waals surface area contributed by atoms with E-state index in [1.54, 1.807) is 60.7 Å². The Kier molecular flexibility index (Phi) is 3.55. The van der Waals surface area contributed by atoms with Gasteiger partial charge in [-0.2, -0.15) is 0 Å². The molecule has 3 heterocycles. The summed E-state index contributed by atoms with van der Waals surface area (Å²) in [7, 11) is 0. The first-order chi connectivity index (χ1) is 32.3. The second-order valence-electron chi connectivity index (χ2n) is 11.1. The van der Waals surface area contributed by atoms with Crippen molar-refractivity contribution in [3.05, 3.63) is 169 Å². The van der Waals surface area contributed by atoms with E-state index in [0.717, 1.165) is 4.57 Å². The Bertz CT molecular complexity index is 3810. The van der Waals surface area contributed by atoms with Crippen molar-refractivity contribution in [2.75, 3.05) is 0 Å². The van der Waals surface area contributed by atoms with Crippen molar-refractivity contribution < 1.29 is 29.1 Å². The first-order valence-corrected chi connectivity index (χ1v) is 15.2. The van der Waals surface area contributed by atoms with Crippen molar-refractivity contribution >= 4 is 43.7 Å². The van der Waals surface area contributed by atoms with Gasteiger partial charge in [0, 0.05) is 32.8 Å². The molecule has 0 spiro atoms. The minimum atomic E-state index is -0.814. The summed E-state index contributed by atoms with van der Waals surface area (Å²) < 4.78 is 169. The summed E-state index contributed by atoms with van der Waals surface area (Å²) in [6, 6.07) is 3.76. The molecule has 234 valence electrons. The van der Waals surface area contributed by atoms with Crippen LogP contribution < -0.4 is 0 Å². The van der Waals surface area contributed by atoms with E-state index in [0.29, 0.717) is 11.1 Å². The summed E-state index contributed by atoms with van der Waals surface area (Å²) in [6.45, 7) is 0. The number of nitrogens with zero attached hydrogens (tertiary/aromatic N) is 4. The molecule has 0 saturated heterocycles. The lowest BCUT2D eigenvalue weighted by Gasteiger charge is -2.13. The molecule has 7 aromatic carbocycles. The predicted molar refractivity (Wildman–Crippen MR) is 203 cm³/mol. The van der Waals surface area contributed by atoms with Crippen molar-refractivity contribution in [2.24, 2.45) is 0 Å². The monoisotopic (exact) mass is 658 g/mol. The second kappa shape index (κ2) is 11.4. The van der Waals surface area contributed by atoms with Crippen LogP contribution in [0.25, 0.3) is 94.7 Å². The molecule has 5 heteroatoms. The molecule has 3 aromatic heterocycles. The molecule has 0 unspecified atom stereocenters. The van der Waals surface area contributed by atoms with Gasteiger partial charge in [0.2, 0.25) is 0 Å². The van der Waals surface area contributed by atoms with Gasteiger partial charge in [0.25, 0.3) is 0 Å². The third kappa shape index (κ3) is 4.52. The van der Waals surface area contributed by atoms with Gasteiger partial charge in [-0.3, -0.25) is 0 Å². The van der Waals surface area contributed by atoms with E-state index in [9.17, 15) is 8.22 Å². The lowest BCUT2D eigenvalue weighted by molar-refractivity contribution is 0.669. The van der Waals surface area contributed by atoms with E-state index in [1.807, 2.05) is 0 Å². The molecule has 0 N–H and O–H groups in total. The minimum Gasteiger partial charge on any atom is -0.456 e. The number of para-hydroxylation sites is 2. The molecule has 50 heavy (non-hydrogen) atoms. The molecule has 0 aliphatic heterocycles. The highest BCUT2D eigenvalue weighted by Crippen LogP contribution is 2.42. The lowest BCUT2D eigenvalue weighted by atomic mass is 10.0. The molecule has 0 aliphatic rings. The van der Waals surface area contributed by atoms with Crippen molar-refractivity contribution in [2.45, 2.75) is 0 Å². The average molecular weight is 659 g/mol. The Labute approximate surface area is 313 Å². The zero-order valence-corrected chi connectivity index (χ0v) is 25.5. The van der Waals surface area contributed by atoms with E-state index in [-0.39, 0.29) is 39.3 Å². The zero-order chi connectivity index (χ0) is 48.7. The van der Waals surface area contributed by atoms with Crippen LogP contribution in [0.15, 0.2) is 174 Å². The molecule has 0 bridgehead atoms. The van der Waals surface area contributed by atoms with Crippen LogP contribution in [0.1, 0.15) is 24.7 Å². The molecular formula is C45H28N4O. The molecule has 5 nitrogen and oxygen atoms in total. The fraction of sp³-hybridized carbons (Fsp3) is 0. The standard InChI is InChI=1S/C45H28N4O/c1-4-14-29(15-5-1)32-26-27-39-36(28-32)41-38(24-13-25-40(41)50-39)49-37-23-11-10-20-33(37)34-21-12-22-35(42(34)49)45-47-43(30-16-6-2-7-17-30)46-44(48-45)31-18-8-3-9-19-31/h1-28H/i1D,4D,5D,10D,11D,12D,13D,14D,15D,20D,21D,22D,23D,24D,25D,26D,27D,28D. The van der Waals surface area contributed by atoms with Gasteiger partial charge in [0.1, 0.15) is 11.2 Å². The largest absolute Gasteiger partial charge is 0.456 e. The van der Waals surface area contributed by atoms with Gasteiger partial charge in [-0.25, -0.2) is 15.0 Å². The highest BCUT2D eigenvalue weighted by Gasteiger charge is 2.22. The Hall–Kier alpha value is -6.85. The van der Waals surface area contributed by atoms with Crippen LogP contribution in [0.2, 0.25) is 0 Å². The van der Waals surface area contributed by atoms with Gasteiger partial charge >= 0.3 is 0 Å². The van der Waals surface area contributed by atoms with Crippen LogP contribution >= 0.6 is 0 Å². The summed E-state index contributed by atoms with van der Waals surface area (Å²) in [5, 5.41) is -1.53. The summed E-state index contributed by atoms with van der Waals surface area (Å²) in [5.74, 6) is -0.0829. The van der Waals surface area contributed by atoms with Crippen LogP contribution in [0, 0.1) is 0 Å². The maximum atomic E-state index is 9.65. The van der Waals surface area contributed by atoms with E-state index in [1.165, 1.54) is 0 Å². The molecule has 0 radical (unpaired) electrons. The molecular weight excluding hydrogens is 613 g/mol. The summed E-state index contributed by atoms with van der Waals surface area (Å²) in [4.78, 5) is 14.3. The van der Waals surface area contributed by atoms with E-state index in [2.05, 4.69) is 0 Å².